The lowest BCUT2D eigenvalue weighted by Gasteiger charge is -2.18. The molecule has 0 N–H and O–H groups in total. The van der Waals surface area contributed by atoms with E-state index in [9.17, 15) is 9.59 Å². The van der Waals surface area contributed by atoms with Crippen LogP contribution in [0, 0.1) is 0 Å². The van der Waals surface area contributed by atoms with Gasteiger partial charge >= 0.3 is 11.9 Å². The summed E-state index contributed by atoms with van der Waals surface area (Å²) < 4.78 is 22.6. The molecule has 0 atom stereocenters. The van der Waals surface area contributed by atoms with E-state index in [-0.39, 0.29) is 11.9 Å². The first-order valence-corrected chi connectivity index (χ1v) is 23.0. The quantitative estimate of drug-likeness (QED) is 0.0333. The monoisotopic (exact) mass is 775 g/mol. The standard InChI is InChI=1S/C50H78O6/c1-53-47(51)39-27-23-19-15-11-7-3-5-9-13-17-21-25-33-41-55-49-43-35-29-31-37-45(43)50(46-38-32-30-36-44(46)49)56-42-34-26-22-18-14-10-6-4-8-12-16-20-24-28-40-48(52)54-2/h29-32,35-38H,3-28,33-34,39-42H2,1-2H3. The van der Waals surface area contributed by atoms with Gasteiger partial charge in [-0.2, -0.15) is 0 Å². The molecule has 314 valence electrons. The summed E-state index contributed by atoms with van der Waals surface area (Å²) in [4.78, 5) is 22.3. The highest BCUT2D eigenvalue weighted by Crippen LogP contribution is 2.42. The molecule has 56 heavy (non-hydrogen) atoms. The fourth-order valence-corrected chi connectivity index (χ4v) is 7.90. The third-order valence-electron chi connectivity index (χ3n) is 11.3. The number of fused-ring (bicyclic) bond motifs is 2. The van der Waals surface area contributed by atoms with Crippen molar-refractivity contribution in [2.75, 3.05) is 27.4 Å². The van der Waals surface area contributed by atoms with E-state index in [1.54, 1.807) is 0 Å². The fourth-order valence-electron chi connectivity index (χ4n) is 7.90. The highest BCUT2D eigenvalue weighted by Gasteiger charge is 2.16. The van der Waals surface area contributed by atoms with E-state index >= 15 is 0 Å². The van der Waals surface area contributed by atoms with E-state index in [1.807, 2.05) is 0 Å². The van der Waals surface area contributed by atoms with E-state index in [0.717, 1.165) is 84.8 Å². The maximum Gasteiger partial charge on any atom is 0.305 e. The molecule has 0 fully saturated rings. The molecule has 0 saturated heterocycles. The molecule has 6 nitrogen and oxygen atoms in total. The summed E-state index contributed by atoms with van der Waals surface area (Å²) >= 11 is 0. The van der Waals surface area contributed by atoms with Crippen LogP contribution in [0.2, 0.25) is 0 Å². The lowest BCUT2D eigenvalue weighted by atomic mass is 10.0. The van der Waals surface area contributed by atoms with Crippen molar-refractivity contribution >= 4 is 33.5 Å². The Morgan fingerprint density at radius 2 is 0.554 bits per heavy atom. The van der Waals surface area contributed by atoms with Gasteiger partial charge in [-0.1, -0.05) is 203 Å². The third-order valence-corrected chi connectivity index (χ3v) is 11.3. The number of ether oxygens (including phenoxy) is 4. The molecule has 0 heterocycles. The van der Waals surface area contributed by atoms with Gasteiger partial charge in [-0.25, -0.2) is 0 Å². The molecule has 0 aliphatic carbocycles. The Hall–Kier alpha value is -3.28. The van der Waals surface area contributed by atoms with Gasteiger partial charge in [0.1, 0.15) is 11.5 Å². The molecule has 0 amide bonds. The van der Waals surface area contributed by atoms with E-state index in [4.69, 9.17) is 18.9 Å². The molecule has 0 aromatic heterocycles. The van der Waals surface area contributed by atoms with Crippen molar-refractivity contribution in [3.63, 3.8) is 0 Å². The van der Waals surface area contributed by atoms with Crippen molar-refractivity contribution in [1.29, 1.82) is 0 Å². The minimum Gasteiger partial charge on any atom is -0.492 e. The number of hydrogen-bond acceptors (Lipinski definition) is 6. The van der Waals surface area contributed by atoms with Crippen LogP contribution in [0.15, 0.2) is 48.5 Å². The highest BCUT2D eigenvalue weighted by atomic mass is 16.5. The predicted molar refractivity (Wildman–Crippen MR) is 235 cm³/mol. The Morgan fingerprint density at radius 1 is 0.339 bits per heavy atom. The van der Waals surface area contributed by atoms with Gasteiger partial charge in [0.15, 0.2) is 0 Å². The van der Waals surface area contributed by atoms with Crippen molar-refractivity contribution < 1.29 is 28.5 Å². The average Bonchev–Trinajstić information content (AvgIpc) is 3.23. The maximum absolute atomic E-state index is 11.2. The second kappa shape index (κ2) is 31.8. The first kappa shape index (κ1) is 47.1. The number of hydrogen-bond donors (Lipinski definition) is 0. The Bertz CT molecular complexity index is 1290. The van der Waals surface area contributed by atoms with Gasteiger partial charge in [0.2, 0.25) is 0 Å². The van der Waals surface area contributed by atoms with Crippen molar-refractivity contribution in [2.45, 2.75) is 193 Å². The van der Waals surface area contributed by atoms with Gasteiger partial charge in [-0.05, 0) is 25.7 Å². The molecule has 0 radical (unpaired) electrons. The molecule has 0 aliphatic heterocycles. The SMILES string of the molecule is COC(=O)CCCCCCCCCCCCCCCCOc1c2ccccc2c(OCCCCCCCCCCCCCCCCC(=O)OC)c2ccccc12. The molecule has 0 saturated carbocycles. The number of unbranched alkanes of at least 4 members (excludes halogenated alkanes) is 26. The van der Waals surface area contributed by atoms with Gasteiger partial charge in [0.25, 0.3) is 0 Å². The van der Waals surface area contributed by atoms with E-state index < -0.39 is 0 Å². The largest absolute Gasteiger partial charge is 0.492 e. The zero-order valence-corrected chi connectivity index (χ0v) is 35.7. The lowest BCUT2D eigenvalue weighted by molar-refractivity contribution is -0.141. The van der Waals surface area contributed by atoms with Gasteiger partial charge in [-0.15, -0.1) is 0 Å². The van der Waals surface area contributed by atoms with Crippen molar-refractivity contribution in [1.82, 2.24) is 0 Å². The smallest absolute Gasteiger partial charge is 0.305 e. The number of benzene rings is 3. The molecule has 3 rings (SSSR count). The van der Waals surface area contributed by atoms with Crippen LogP contribution in [0.1, 0.15) is 193 Å². The number of methoxy groups -OCH3 is 2. The van der Waals surface area contributed by atoms with E-state index in [2.05, 4.69) is 48.5 Å². The first-order valence-electron chi connectivity index (χ1n) is 23.0. The van der Waals surface area contributed by atoms with Crippen LogP contribution in [-0.2, 0) is 19.1 Å². The summed E-state index contributed by atoms with van der Waals surface area (Å²) in [5, 5.41) is 4.59. The Balaban J connectivity index is 1.24. The number of rotatable bonds is 36. The van der Waals surface area contributed by atoms with Crippen molar-refractivity contribution in [3.05, 3.63) is 48.5 Å². The van der Waals surface area contributed by atoms with Crippen LogP contribution < -0.4 is 9.47 Å². The summed E-state index contributed by atoms with van der Waals surface area (Å²) in [7, 11) is 2.94. The predicted octanol–water partition coefficient (Wildman–Crippen LogP) is 14.8. The number of carbonyl (C=O) groups is 2. The normalized spacial score (nSPS) is 11.3. The second-order valence-electron chi connectivity index (χ2n) is 16.0. The minimum absolute atomic E-state index is 0.0803. The van der Waals surface area contributed by atoms with Gasteiger partial charge in [0, 0.05) is 34.4 Å². The molecule has 6 heteroatoms. The van der Waals surface area contributed by atoms with Crippen molar-refractivity contribution in [3.8, 4) is 11.5 Å². The fraction of sp³-hybridized carbons (Fsp3) is 0.680. The molecule has 0 bridgehead atoms. The maximum atomic E-state index is 11.2. The van der Waals surface area contributed by atoms with Crippen LogP contribution in [0.5, 0.6) is 11.5 Å². The molecule has 3 aromatic rings. The Kier molecular flexibility index (Phi) is 26.7. The lowest BCUT2D eigenvalue weighted by Crippen LogP contribution is -2.02. The third kappa shape index (κ3) is 20.2. The van der Waals surface area contributed by atoms with Gasteiger partial charge in [-0.3, -0.25) is 9.59 Å². The zero-order valence-electron chi connectivity index (χ0n) is 35.7. The van der Waals surface area contributed by atoms with Gasteiger partial charge < -0.3 is 18.9 Å². The van der Waals surface area contributed by atoms with Crippen LogP contribution in [0.4, 0.5) is 0 Å². The van der Waals surface area contributed by atoms with Gasteiger partial charge in [0.05, 0.1) is 27.4 Å². The second-order valence-corrected chi connectivity index (χ2v) is 16.0. The van der Waals surface area contributed by atoms with Crippen molar-refractivity contribution in [2.24, 2.45) is 0 Å². The molecule has 0 unspecified atom stereocenters. The van der Waals surface area contributed by atoms with E-state index in [1.165, 1.54) is 155 Å². The number of esters is 2. The molecule has 0 spiro atoms. The molecule has 0 aliphatic rings. The number of carbonyl (C=O) groups excluding carboxylic acids is 2. The summed E-state index contributed by atoms with van der Waals surface area (Å²) in [6, 6.07) is 17.2. The summed E-state index contributed by atoms with van der Waals surface area (Å²) in [6.07, 6.45) is 36.4. The van der Waals surface area contributed by atoms with E-state index in [0.29, 0.717) is 12.8 Å². The van der Waals surface area contributed by atoms with Crippen LogP contribution in [-0.4, -0.2) is 39.4 Å². The highest BCUT2D eigenvalue weighted by molar-refractivity contribution is 6.11. The molecule has 3 aromatic carbocycles. The van der Waals surface area contributed by atoms with Crippen LogP contribution in [0.25, 0.3) is 21.5 Å². The Morgan fingerprint density at radius 3 is 0.786 bits per heavy atom. The zero-order chi connectivity index (χ0) is 39.7. The molecular weight excluding hydrogens is 697 g/mol. The molecular formula is C50H78O6. The Labute approximate surface area is 341 Å². The minimum atomic E-state index is -0.0803. The first-order chi connectivity index (χ1) is 27.7. The van der Waals surface area contributed by atoms with Crippen LogP contribution in [0.3, 0.4) is 0 Å². The summed E-state index contributed by atoms with van der Waals surface area (Å²) in [6.45, 7) is 1.50. The summed E-state index contributed by atoms with van der Waals surface area (Å²) in [5.41, 5.74) is 0. The summed E-state index contributed by atoms with van der Waals surface area (Å²) in [5.74, 6) is 1.83. The topological polar surface area (TPSA) is 71.1 Å². The van der Waals surface area contributed by atoms with Crippen LogP contribution >= 0.6 is 0 Å². The average molecular weight is 775 g/mol.